The van der Waals surface area contributed by atoms with Crippen molar-refractivity contribution in [3.05, 3.63) is 24.3 Å². The lowest BCUT2D eigenvalue weighted by Crippen LogP contribution is -2.35. The zero-order valence-corrected chi connectivity index (χ0v) is 10.7. The normalized spacial score (nSPS) is 12.3. The maximum absolute atomic E-state index is 11.9. The van der Waals surface area contributed by atoms with Crippen LogP contribution in [-0.2, 0) is 23.1 Å². The van der Waals surface area contributed by atoms with Gasteiger partial charge in [0.15, 0.2) is 0 Å². The number of tetrazole rings is 1. The van der Waals surface area contributed by atoms with E-state index in [1.54, 1.807) is 18.0 Å². The molecule has 9 heteroatoms. The summed E-state index contributed by atoms with van der Waals surface area (Å²) in [5.41, 5.74) is 0.868. The lowest BCUT2D eigenvalue weighted by atomic mass is 10.2. The summed E-state index contributed by atoms with van der Waals surface area (Å²) in [5.74, 6) is -0.199. The Balaban J connectivity index is 2.01. The Bertz CT molecular complexity index is 522. The number of carbonyl (C=O) groups excluding carboxylic acids is 1. The molecule has 1 N–H and O–H groups in total. The van der Waals surface area contributed by atoms with Crippen molar-refractivity contribution in [1.82, 2.24) is 35.3 Å². The molecule has 9 nitrogen and oxygen atoms in total. The van der Waals surface area contributed by atoms with Gasteiger partial charge in [0.2, 0.25) is 5.91 Å². The second-order valence-electron chi connectivity index (χ2n) is 3.96. The first-order valence-corrected chi connectivity index (χ1v) is 5.67. The summed E-state index contributed by atoms with van der Waals surface area (Å²) < 4.78 is 8.16. The van der Waals surface area contributed by atoms with Gasteiger partial charge in [-0.05, 0) is 16.5 Å². The van der Waals surface area contributed by atoms with E-state index in [0.717, 1.165) is 5.69 Å². The van der Waals surface area contributed by atoms with Crippen molar-refractivity contribution >= 4 is 5.91 Å². The standard InChI is InChI=1S/C10H15N7O2/c1-16-9(3-4-12-16)8(6-19-2)13-10(18)5-17-7-11-14-15-17/h3-4,7-8H,5-6H2,1-2H3,(H,13,18). The van der Waals surface area contributed by atoms with Gasteiger partial charge in [0, 0.05) is 20.4 Å². The molecule has 19 heavy (non-hydrogen) atoms. The van der Waals surface area contributed by atoms with E-state index in [-0.39, 0.29) is 18.5 Å². The van der Waals surface area contributed by atoms with Crippen LogP contribution in [0.2, 0.25) is 0 Å². The van der Waals surface area contributed by atoms with E-state index in [9.17, 15) is 4.79 Å². The Morgan fingerprint density at radius 2 is 2.42 bits per heavy atom. The summed E-state index contributed by atoms with van der Waals surface area (Å²) in [5, 5.41) is 17.5. The van der Waals surface area contributed by atoms with E-state index in [1.165, 1.54) is 11.0 Å². The summed E-state index contributed by atoms with van der Waals surface area (Å²) in [6, 6.07) is 1.57. The second kappa shape index (κ2) is 6.05. The van der Waals surface area contributed by atoms with Gasteiger partial charge in [-0.25, -0.2) is 4.68 Å². The zero-order valence-electron chi connectivity index (χ0n) is 10.7. The van der Waals surface area contributed by atoms with Gasteiger partial charge >= 0.3 is 0 Å². The summed E-state index contributed by atoms with van der Waals surface area (Å²) >= 11 is 0. The number of nitrogens with zero attached hydrogens (tertiary/aromatic N) is 6. The molecule has 0 aliphatic rings. The summed E-state index contributed by atoms with van der Waals surface area (Å²) in [6.45, 7) is 0.423. The van der Waals surface area contributed by atoms with Gasteiger partial charge in [-0.3, -0.25) is 9.48 Å². The fourth-order valence-electron chi connectivity index (χ4n) is 1.73. The molecule has 102 valence electrons. The summed E-state index contributed by atoms with van der Waals surface area (Å²) in [6.07, 6.45) is 3.06. The van der Waals surface area contributed by atoms with E-state index >= 15 is 0 Å². The van der Waals surface area contributed by atoms with Crippen LogP contribution in [0.5, 0.6) is 0 Å². The third-order valence-electron chi connectivity index (χ3n) is 2.58. The predicted octanol–water partition coefficient (Wildman–Crippen LogP) is -1.09. The van der Waals surface area contributed by atoms with Crippen LogP contribution in [0.4, 0.5) is 0 Å². The maximum Gasteiger partial charge on any atom is 0.242 e. The maximum atomic E-state index is 11.9. The quantitative estimate of drug-likeness (QED) is 0.712. The second-order valence-corrected chi connectivity index (χ2v) is 3.96. The SMILES string of the molecule is COCC(NC(=O)Cn1cnnn1)c1ccnn1C. The molecule has 1 unspecified atom stereocenters. The number of rotatable bonds is 6. The molecule has 0 saturated carbocycles. The topological polar surface area (TPSA) is 99.8 Å². The number of aryl methyl sites for hydroxylation is 1. The first-order chi connectivity index (χ1) is 9.20. The van der Waals surface area contributed by atoms with E-state index in [2.05, 4.69) is 25.9 Å². The highest BCUT2D eigenvalue weighted by molar-refractivity contribution is 5.76. The lowest BCUT2D eigenvalue weighted by molar-refractivity contribution is -0.123. The van der Waals surface area contributed by atoms with Gasteiger partial charge in [-0.1, -0.05) is 0 Å². The fraction of sp³-hybridized carbons (Fsp3) is 0.500. The largest absolute Gasteiger partial charge is 0.382 e. The van der Waals surface area contributed by atoms with Gasteiger partial charge in [0.25, 0.3) is 0 Å². The molecule has 1 atom stereocenters. The molecule has 2 heterocycles. The predicted molar refractivity (Wildman–Crippen MR) is 63.8 cm³/mol. The minimum absolute atomic E-state index is 0.0606. The van der Waals surface area contributed by atoms with Crippen molar-refractivity contribution < 1.29 is 9.53 Å². The van der Waals surface area contributed by atoms with E-state index in [0.29, 0.717) is 6.61 Å². The highest BCUT2D eigenvalue weighted by Crippen LogP contribution is 2.11. The van der Waals surface area contributed by atoms with Crippen LogP contribution >= 0.6 is 0 Å². The van der Waals surface area contributed by atoms with Gasteiger partial charge in [-0.15, -0.1) is 5.10 Å². The molecule has 0 saturated heterocycles. The van der Waals surface area contributed by atoms with Crippen LogP contribution in [0.1, 0.15) is 11.7 Å². The van der Waals surface area contributed by atoms with Gasteiger partial charge < -0.3 is 10.1 Å². The summed E-state index contributed by atoms with van der Waals surface area (Å²) in [4.78, 5) is 11.9. The summed E-state index contributed by atoms with van der Waals surface area (Å²) in [7, 11) is 3.39. The molecule has 2 aromatic rings. The molecule has 0 aromatic carbocycles. The molecule has 1 amide bonds. The highest BCUT2D eigenvalue weighted by Gasteiger charge is 2.17. The molecular formula is C10H15N7O2. The average Bonchev–Trinajstić information content (AvgIpc) is 3.00. The average molecular weight is 265 g/mol. The Kier molecular flexibility index (Phi) is 4.18. The zero-order chi connectivity index (χ0) is 13.7. The molecule has 2 rings (SSSR count). The van der Waals surface area contributed by atoms with Crippen molar-refractivity contribution in [2.24, 2.45) is 7.05 Å². The van der Waals surface area contributed by atoms with E-state index < -0.39 is 0 Å². The van der Waals surface area contributed by atoms with Gasteiger partial charge in [0.05, 0.1) is 18.3 Å². The monoisotopic (exact) mass is 265 g/mol. The minimum Gasteiger partial charge on any atom is -0.382 e. The van der Waals surface area contributed by atoms with Crippen molar-refractivity contribution in [2.45, 2.75) is 12.6 Å². The van der Waals surface area contributed by atoms with Crippen molar-refractivity contribution in [3.63, 3.8) is 0 Å². The lowest BCUT2D eigenvalue weighted by Gasteiger charge is -2.18. The molecular weight excluding hydrogens is 250 g/mol. The van der Waals surface area contributed by atoms with Crippen molar-refractivity contribution in [1.29, 1.82) is 0 Å². The van der Waals surface area contributed by atoms with Crippen LogP contribution in [-0.4, -0.2) is 49.6 Å². The molecule has 0 radical (unpaired) electrons. The van der Waals surface area contributed by atoms with Crippen LogP contribution < -0.4 is 5.32 Å². The number of aromatic nitrogens is 6. The Hall–Kier alpha value is -2.29. The van der Waals surface area contributed by atoms with Crippen molar-refractivity contribution in [2.75, 3.05) is 13.7 Å². The van der Waals surface area contributed by atoms with Gasteiger partial charge in [-0.2, -0.15) is 5.10 Å². The molecule has 0 fully saturated rings. The van der Waals surface area contributed by atoms with Crippen LogP contribution in [0.15, 0.2) is 18.6 Å². The smallest absolute Gasteiger partial charge is 0.242 e. The third kappa shape index (κ3) is 3.35. The first-order valence-electron chi connectivity index (χ1n) is 5.67. The number of ether oxygens (including phenoxy) is 1. The molecule has 0 spiro atoms. The number of carbonyl (C=O) groups is 1. The van der Waals surface area contributed by atoms with Crippen LogP contribution in [0, 0.1) is 0 Å². The van der Waals surface area contributed by atoms with E-state index in [4.69, 9.17) is 4.74 Å². The number of hydrogen-bond donors (Lipinski definition) is 1. The molecule has 0 aliphatic carbocycles. The highest BCUT2D eigenvalue weighted by atomic mass is 16.5. The third-order valence-corrected chi connectivity index (χ3v) is 2.58. The Morgan fingerprint density at radius 1 is 1.58 bits per heavy atom. The first kappa shape index (κ1) is 13.1. The van der Waals surface area contributed by atoms with Crippen molar-refractivity contribution in [3.8, 4) is 0 Å². The number of methoxy groups -OCH3 is 1. The number of nitrogens with one attached hydrogen (secondary N) is 1. The molecule has 2 aromatic heterocycles. The number of amides is 1. The Morgan fingerprint density at radius 3 is 3.00 bits per heavy atom. The molecule has 0 aliphatic heterocycles. The fourth-order valence-corrected chi connectivity index (χ4v) is 1.73. The Labute approximate surface area is 109 Å². The van der Waals surface area contributed by atoms with E-state index in [1.807, 2.05) is 13.1 Å². The van der Waals surface area contributed by atoms with Gasteiger partial charge in [0.1, 0.15) is 12.9 Å². The number of hydrogen-bond acceptors (Lipinski definition) is 6. The minimum atomic E-state index is -0.263. The molecule has 0 bridgehead atoms. The van der Waals surface area contributed by atoms with Crippen LogP contribution in [0.3, 0.4) is 0 Å². The van der Waals surface area contributed by atoms with Crippen LogP contribution in [0.25, 0.3) is 0 Å².